The summed E-state index contributed by atoms with van der Waals surface area (Å²) in [4.78, 5) is 0. The third-order valence-electron chi connectivity index (χ3n) is 3.25. The molecular weight excluding hydrogens is 342 g/mol. The summed E-state index contributed by atoms with van der Waals surface area (Å²) in [7, 11) is -6.77. The summed E-state index contributed by atoms with van der Waals surface area (Å²) in [5.74, 6) is 0. The summed E-state index contributed by atoms with van der Waals surface area (Å²) in [5, 5.41) is 2.73. The van der Waals surface area contributed by atoms with E-state index in [0.717, 1.165) is 17.6 Å². The van der Waals surface area contributed by atoms with Crippen LogP contribution in [0, 0.1) is 0 Å². The minimum Gasteiger partial charge on any atom is -0.310 e. The van der Waals surface area contributed by atoms with Crippen LogP contribution in [0.4, 0.5) is 0 Å². The lowest BCUT2D eigenvalue weighted by Crippen LogP contribution is -2.33. The minimum absolute atomic E-state index is 0. The summed E-state index contributed by atoms with van der Waals surface area (Å²) < 4.78 is 48.1. The molecule has 2 rings (SSSR count). The van der Waals surface area contributed by atoms with Gasteiger partial charge in [0.25, 0.3) is 0 Å². The Morgan fingerprint density at radius 2 is 2.05 bits per heavy atom. The molecule has 0 aliphatic carbocycles. The van der Waals surface area contributed by atoms with Gasteiger partial charge in [-0.05, 0) is 31.5 Å². The van der Waals surface area contributed by atoms with Crippen molar-refractivity contribution in [2.45, 2.75) is 40.0 Å². The van der Waals surface area contributed by atoms with Crippen LogP contribution in [0.25, 0.3) is 0 Å². The van der Waals surface area contributed by atoms with Crippen LogP contribution in [-0.4, -0.2) is 34.9 Å². The molecule has 2 heterocycles. The van der Waals surface area contributed by atoms with E-state index in [1.54, 1.807) is 6.92 Å². The summed E-state index contributed by atoms with van der Waals surface area (Å²) in [6.45, 7) is 4.32. The first-order valence-corrected chi connectivity index (χ1v) is 10.2. The molecule has 0 unspecified atom stereocenters. The van der Waals surface area contributed by atoms with Crippen molar-refractivity contribution in [3.8, 4) is 0 Å². The molecule has 0 aromatic carbocycles. The zero-order valence-corrected chi connectivity index (χ0v) is 14.7. The fourth-order valence-electron chi connectivity index (χ4n) is 2.22. The molecule has 0 spiro atoms. The van der Waals surface area contributed by atoms with E-state index in [9.17, 15) is 16.8 Å². The van der Waals surface area contributed by atoms with Crippen molar-refractivity contribution < 1.29 is 16.8 Å². The molecule has 0 radical (unpaired) electrons. The maximum Gasteiger partial charge on any atom is 0.190 e. The van der Waals surface area contributed by atoms with Crippen LogP contribution in [-0.2, 0) is 19.7 Å². The molecule has 1 aliphatic rings. The molecule has 1 N–H and O–H groups in total. The van der Waals surface area contributed by atoms with E-state index in [2.05, 4.69) is 5.32 Å². The standard InChI is InChI=1S/C11H17NO4S3.ClH/c1-4-12-9-5-7(2)19(15,16)11-8(9)6-10(17-11)18(3,13)14;/h6-7,9,12H,4-5H2,1-3H3;1H/t7-,9-;/m0./s1. The molecule has 0 saturated carbocycles. The first-order valence-electron chi connectivity index (χ1n) is 5.99. The van der Waals surface area contributed by atoms with E-state index in [1.165, 1.54) is 6.07 Å². The first kappa shape index (κ1) is 17.9. The third kappa shape index (κ3) is 3.04. The Balaban J connectivity index is 0.00000200. The fourth-order valence-corrected chi connectivity index (χ4v) is 6.83. The SMILES string of the molecule is CCN[C@H]1C[C@H](C)S(=O)(=O)c2sc(S(C)(=O)=O)cc21.Cl. The molecule has 5 nitrogen and oxygen atoms in total. The summed E-state index contributed by atoms with van der Waals surface area (Å²) in [6.07, 6.45) is 1.58. The smallest absolute Gasteiger partial charge is 0.190 e. The number of thiophene rings is 1. The number of halogens is 1. The predicted octanol–water partition coefficient (Wildman–Crippen LogP) is 1.79. The van der Waals surface area contributed by atoms with Gasteiger partial charge in [-0.2, -0.15) is 0 Å². The van der Waals surface area contributed by atoms with Gasteiger partial charge in [-0.15, -0.1) is 23.7 Å². The molecule has 9 heteroatoms. The highest BCUT2D eigenvalue weighted by atomic mass is 35.5. The van der Waals surface area contributed by atoms with E-state index in [1.807, 2.05) is 6.92 Å². The summed E-state index contributed by atoms with van der Waals surface area (Å²) >= 11 is 0.867. The third-order valence-corrected chi connectivity index (χ3v) is 8.95. The van der Waals surface area contributed by atoms with Gasteiger partial charge in [0.15, 0.2) is 19.7 Å². The van der Waals surface area contributed by atoms with Crippen molar-refractivity contribution in [3.63, 3.8) is 0 Å². The normalized spacial score (nSPS) is 24.8. The highest BCUT2D eigenvalue weighted by molar-refractivity contribution is 7.96. The zero-order valence-electron chi connectivity index (χ0n) is 11.4. The van der Waals surface area contributed by atoms with Crippen LogP contribution in [0.1, 0.15) is 31.9 Å². The van der Waals surface area contributed by atoms with Crippen molar-refractivity contribution in [2.75, 3.05) is 12.8 Å². The molecule has 0 amide bonds. The number of nitrogens with one attached hydrogen (secondary N) is 1. The number of hydrogen-bond acceptors (Lipinski definition) is 6. The maximum atomic E-state index is 12.3. The topological polar surface area (TPSA) is 80.3 Å². The molecule has 1 aliphatic heterocycles. The van der Waals surface area contributed by atoms with Crippen LogP contribution in [0.2, 0.25) is 0 Å². The van der Waals surface area contributed by atoms with E-state index >= 15 is 0 Å². The lowest BCUT2D eigenvalue weighted by Gasteiger charge is -2.27. The minimum atomic E-state index is -3.40. The Morgan fingerprint density at radius 1 is 1.45 bits per heavy atom. The second-order valence-corrected chi connectivity index (χ2v) is 10.6. The Morgan fingerprint density at radius 3 is 2.55 bits per heavy atom. The average molecular weight is 360 g/mol. The van der Waals surface area contributed by atoms with Gasteiger partial charge in [0, 0.05) is 12.3 Å². The van der Waals surface area contributed by atoms with Crippen LogP contribution in [0.5, 0.6) is 0 Å². The Kier molecular flexibility index (Phi) is 5.30. The number of fused-ring (bicyclic) bond motifs is 1. The van der Waals surface area contributed by atoms with Crippen molar-refractivity contribution in [2.24, 2.45) is 0 Å². The van der Waals surface area contributed by atoms with Gasteiger partial charge >= 0.3 is 0 Å². The molecule has 1 aromatic heterocycles. The predicted molar refractivity (Wildman–Crippen MR) is 82.4 cm³/mol. The highest BCUT2D eigenvalue weighted by Gasteiger charge is 2.38. The number of sulfone groups is 2. The molecule has 1 aromatic rings. The molecule has 0 saturated heterocycles. The van der Waals surface area contributed by atoms with Crippen LogP contribution in [0.15, 0.2) is 14.5 Å². The van der Waals surface area contributed by atoms with Gasteiger partial charge in [-0.25, -0.2) is 16.8 Å². The van der Waals surface area contributed by atoms with E-state index in [-0.39, 0.29) is 26.9 Å². The van der Waals surface area contributed by atoms with Gasteiger partial charge in [0.2, 0.25) is 0 Å². The quantitative estimate of drug-likeness (QED) is 0.889. The van der Waals surface area contributed by atoms with Gasteiger partial charge < -0.3 is 5.32 Å². The van der Waals surface area contributed by atoms with Gasteiger partial charge in [0.1, 0.15) is 8.42 Å². The summed E-state index contributed by atoms with van der Waals surface area (Å²) in [6, 6.07) is 1.41. The van der Waals surface area contributed by atoms with Crippen molar-refractivity contribution in [3.05, 3.63) is 11.6 Å². The average Bonchev–Trinajstić information content (AvgIpc) is 2.72. The molecular formula is C11H18ClNO4S3. The second kappa shape index (κ2) is 5.92. The van der Waals surface area contributed by atoms with E-state index in [4.69, 9.17) is 0 Å². The van der Waals surface area contributed by atoms with Crippen LogP contribution >= 0.6 is 23.7 Å². The second-order valence-electron chi connectivity index (χ2n) is 4.78. The molecule has 2 atom stereocenters. The fraction of sp³-hybridized carbons (Fsp3) is 0.636. The largest absolute Gasteiger partial charge is 0.310 e. The molecule has 116 valence electrons. The van der Waals surface area contributed by atoms with Gasteiger partial charge in [-0.1, -0.05) is 6.92 Å². The van der Waals surface area contributed by atoms with Crippen molar-refractivity contribution in [1.29, 1.82) is 0 Å². The van der Waals surface area contributed by atoms with Crippen LogP contribution < -0.4 is 5.32 Å². The molecule has 0 fully saturated rings. The Labute approximate surface area is 130 Å². The van der Waals surface area contributed by atoms with Crippen LogP contribution in [0.3, 0.4) is 0 Å². The van der Waals surface area contributed by atoms with Gasteiger partial charge in [0.05, 0.1) is 5.25 Å². The van der Waals surface area contributed by atoms with Crippen molar-refractivity contribution in [1.82, 2.24) is 5.32 Å². The first-order chi connectivity index (χ1) is 8.67. The maximum absolute atomic E-state index is 12.3. The molecule has 20 heavy (non-hydrogen) atoms. The van der Waals surface area contributed by atoms with Gasteiger partial charge in [-0.3, -0.25) is 0 Å². The number of hydrogen-bond donors (Lipinski definition) is 1. The highest BCUT2D eigenvalue weighted by Crippen LogP contribution is 2.42. The summed E-state index contributed by atoms with van der Waals surface area (Å²) in [5.41, 5.74) is 0.602. The lowest BCUT2D eigenvalue weighted by atomic mass is 10.1. The monoisotopic (exact) mass is 359 g/mol. The Bertz CT molecular complexity index is 693. The Hall–Kier alpha value is -0.150. The van der Waals surface area contributed by atoms with Crippen molar-refractivity contribution >= 4 is 43.4 Å². The van der Waals surface area contributed by atoms with E-state index in [0.29, 0.717) is 18.5 Å². The number of rotatable bonds is 3. The zero-order chi connectivity index (χ0) is 14.4. The molecule has 0 bridgehead atoms. The van der Waals surface area contributed by atoms with E-state index < -0.39 is 24.9 Å². The lowest BCUT2D eigenvalue weighted by molar-refractivity contribution is 0.477.